The van der Waals surface area contributed by atoms with E-state index in [9.17, 15) is 14.4 Å². The number of amides is 3. The molecule has 0 N–H and O–H groups in total. The molecule has 3 amide bonds. The van der Waals surface area contributed by atoms with Crippen LogP contribution in [0.2, 0.25) is 5.02 Å². The van der Waals surface area contributed by atoms with Crippen LogP contribution in [0.25, 0.3) is 0 Å². The Morgan fingerprint density at radius 3 is 2.08 bits per heavy atom. The number of carbonyl (C=O) groups excluding carboxylic acids is 3. The van der Waals surface area contributed by atoms with Crippen LogP contribution in [-0.4, -0.2) is 22.6 Å². The van der Waals surface area contributed by atoms with Crippen LogP contribution in [0.1, 0.15) is 12.0 Å². The highest BCUT2D eigenvalue weighted by Crippen LogP contribution is 2.65. The largest absolute Gasteiger partial charge is 0.274 e. The maximum Gasteiger partial charge on any atom is 0.240 e. The Morgan fingerprint density at radius 1 is 1.00 bits per heavy atom. The summed E-state index contributed by atoms with van der Waals surface area (Å²) in [5.41, 5.74) is 0.754. The number of benzene rings is 1. The maximum absolute atomic E-state index is 12.8. The number of allylic oxidation sites excluding steroid dienone is 2. The highest BCUT2D eigenvalue weighted by molar-refractivity contribution is 6.30. The zero-order chi connectivity index (χ0) is 16.6. The van der Waals surface area contributed by atoms with Crippen molar-refractivity contribution in [1.82, 2.24) is 4.90 Å². The quantitative estimate of drug-likeness (QED) is 0.613. The lowest BCUT2D eigenvalue weighted by Crippen LogP contribution is -2.40. The summed E-state index contributed by atoms with van der Waals surface area (Å²) >= 11 is 5.85. The summed E-state index contributed by atoms with van der Waals surface area (Å²) in [5, 5.41) is 0.590. The van der Waals surface area contributed by atoms with Crippen molar-refractivity contribution in [3.63, 3.8) is 0 Å². The fourth-order valence-corrected chi connectivity index (χ4v) is 5.18. The van der Waals surface area contributed by atoms with Crippen LogP contribution in [0, 0.1) is 35.5 Å². The smallest absolute Gasteiger partial charge is 0.240 e. The number of halogens is 1. The Morgan fingerprint density at radius 2 is 1.54 bits per heavy atom. The molecule has 2 saturated carbocycles. The third-order valence-electron chi connectivity index (χ3n) is 6.18. The molecule has 0 aromatic heterocycles. The number of hydrogen-bond acceptors (Lipinski definition) is 3. The normalized spacial score (nSPS) is 38.3. The van der Waals surface area contributed by atoms with Crippen LogP contribution in [0.4, 0.5) is 0 Å². The van der Waals surface area contributed by atoms with Crippen molar-refractivity contribution < 1.29 is 14.4 Å². The van der Waals surface area contributed by atoms with Gasteiger partial charge in [0.15, 0.2) is 0 Å². The van der Waals surface area contributed by atoms with Gasteiger partial charge in [0.05, 0.1) is 18.3 Å². The summed E-state index contributed by atoms with van der Waals surface area (Å²) in [6, 6.07) is 6.90. The van der Waals surface area contributed by atoms with Gasteiger partial charge in [-0.25, -0.2) is 4.90 Å². The van der Waals surface area contributed by atoms with Gasteiger partial charge in [-0.05, 0) is 47.8 Å². The first-order valence-corrected chi connectivity index (χ1v) is 8.77. The van der Waals surface area contributed by atoms with Gasteiger partial charge in [-0.3, -0.25) is 14.4 Å². The molecule has 122 valence electrons. The Bertz CT molecular complexity index is 763. The van der Waals surface area contributed by atoms with Crippen LogP contribution in [0.5, 0.6) is 0 Å². The second kappa shape index (κ2) is 4.79. The molecule has 6 rings (SSSR count). The maximum atomic E-state index is 12.8. The van der Waals surface area contributed by atoms with E-state index in [2.05, 4.69) is 12.2 Å². The first kappa shape index (κ1) is 14.4. The van der Waals surface area contributed by atoms with Crippen molar-refractivity contribution in [3.05, 3.63) is 47.0 Å². The molecule has 1 aromatic rings. The van der Waals surface area contributed by atoms with Crippen molar-refractivity contribution in [2.75, 3.05) is 0 Å². The number of nitrogens with zero attached hydrogens (tertiary/aromatic N) is 1. The van der Waals surface area contributed by atoms with Crippen molar-refractivity contribution >= 4 is 29.3 Å². The van der Waals surface area contributed by atoms with Crippen molar-refractivity contribution in [2.45, 2.75) is 12.8 Å². The number of hydrogen-bond donors (Lipinski definition) is 0. The van der Waals surface area contributed by atoms with E-state index < -0.39 is 5.91 Å². The van der Waals surface area contributed by atoms with Crippen LogP contribution >= 0.6 is 11.6 Å². The molecule has 1 heterocycles. The fourth-order valence-electron chi connectivity index (χ4n) is 5.06. The molecule has 0 spiro atoms. The van der Waals surface area contributed by atoms with Gasteiger partial charge in [-0.15, -0.1) is 0 Å². The van der Waals surface area contributed by atoms with Crippen molar-refractivity contribution in [1.29, 1.82) is 0 Å². The van der Waals surface area contributed by atoms with E-state index in [1.54, 1.807) is 24.3 Å². The summed E-state index contributed by atoms with van der Waals surface area (Å²) in [6.45, 7) is 0. The average Bonchev–Trinajstić information content (AvgIpc) is 3.34. The Kier molecular flexibility index (Phi) is 2.88. The topological polar surface area (TPSA) is 54.5 Å². The van der Waals surface area contributed by atoms with E-state index in [0.29, 0.717) is 16.9 Å². The Hall–Kier alpha value is -1.94. The lowest BCUT2D eigenvalue weighted by molar-refractivity contribution is -0.150. The number of imide groups is 3. The fraction of sp³-hybridized carbons (Fsp3) is 0.421. The molecule has 1 aliphatic heterocycles. The number of rotatable bonds is 2. The van der Waals surface area contributed by atoms with E-state index >= 15 is 0 Å². The van der Waals surface area contributed by atoms with Gasteiger partial charge in [-0.2, -0.15) is 0 Å². The van der Waals surface area contributed by atoms with Gasteiger partial charge in [0.1, 0.15) is 0 Å². The van der Waals surface area contributed by atoms with Gasteiger partial charge in [0.2, 0.25) is 17.7 Å². The molecule has 24 heavy (non-hydrogen) atoms. The molecular weight excluding hydrogens is 326 g/mol. The second-order valence-electron chi connectivity index (χ2n) is 7.36. The third-order valence-corrected chi connectivity index (χ3v) is 6.43. The molecule has 3 fully saturated rings. The van der Waals surface area contributed by atoms with Crippen LogP contribution < -0.4 is 0 Å². The number of carbonyl (C=O) groups is 3. The molecule has 1 saturated heterocycles. The van der Waals surface area contributed by atoms with Crippen molar-refractivity contribution in [3.8, 4) is 0 Å². The predicted octanol–water partition coefficient (Wildman–Crippen LogP) is 2.46. The minimum absolute atomic E-state index is 0.0453. The number of likely N-dealkylation sites (tertiary alicyclic amines) is 1. The Balaban J connectivity index is 1.41. The molecule has 6 atom stereocenters. The van der Waals surface area contributed by atoms with Crippen LogP contribution in [-0.2, 0) is 20.8 Å². The monoisotopic (exact) mass is 341 g/mol. The summed E-state index contributed by atoms with van der Waals surface area (Å²) < 4.78 is 0. The van der Waals surface area contributed by atoms with Gasteiger partial charge >= 0.3 is 0 Å². The van der Waals surface area contributed by atoms with Gasteiger partial charge in [-0.1, -0.05) is 35.9 Å². The highest BCUT2D eigenvalue weighted by atomic mass is 35.5. The summed E-state index contributed by atoms with van der Waals surface area (Å²) in [6.07, 6.45) is 5.38. The minimum atomic E-state index is -0.421. The summed E-state index contributed by atoms with van der Waals surface area (Å²) in [5.74, 6) is -0.230. The minimum Gasteiger partial charge on any atom is -0.274 e. The van der Waals surface area contributed by atoms with E-state index in [1.807, 2.05) is 0 Å². The molecule has 0 radical (unpaired) electrons. The van der Waals surface area contributed by atoms with E-state index in [0.717, 1.165) is 16.9 Å². The SMILES string of the molecule is O=C(Cc1ccc(Cl)cc1)N1C(=O)[C@@H]2[C@H]3C=C[C@@H]([C@@H]4C[C@@H]34)[C@@H]2C1=O. The highest BCUT2D eigenvalue weighted by Gasteiger charge is 2.67. The zero-order valence-electron chi connectivity index (χ0n) is 12.9. The first-order chi connectivity index (χ1) is 11.6. The molecule has 4 nitrogen and oxygen atoms in total. The third kappa shape index (κ3) is 1.83. The van der Waals surface area contributed by atoms with E-state index in [4.69, 9.17) is 11.6 Å². The lowest BCUT2D eigenvalue weighted by atomic mass is 9.63. The van der Waals surface area contributed by atoms with Gasteiger partial charge in [0.25, 0.3) is 0 Å². The average molecular weight is 342 g/mol. The Labute approximate surface area is 144 Å². The van der Waals surface area contributed by atoms with E-state index in [1.165, 1.54) is 0 Å². The molecule has 5 aliphatic rings. The molecule has 2 bridgehead atoms. The molecular formula is C19H16ClNO3. The van der Waals surface area contributed by atoms with Crippen LogP contribution in [0.15, 0.2) is 36.4 Å². The van der Waals surface area contributed by atoms with E-state index in [-0.39, 0.29) is 41.9 Å². The zero-order valence-corrected chi connectivity index (χ0v) is 13.6. The molecule has 0 unspecified atom stereocenters. The first-order valence-electron chi connectivity index (χ1n) is 8.39. The van der Waals surface area contributed by atoms with Crippen LogP contribution in [0.3, 0.4) is 0 Å². The standard InChI is InChI=1S/C19H16ClNO3/c20-10-3-1-9(2-4-10)7-15(22)21-18(23)16-11-5-6-12(14-8-13(11)14)17(16)19(21)24/h1-6,11-14,16-17H,7-8H2/t11-,12-,13-,14-,16-,17+/m0/s1. The van der Waals surface area contributed by atoms with Crippen molar-refractivity contribution in [2.24, 2.45) is 35.5 Å². The molecule has 5 heteroatoms. The summed E-state index contributed by atoms with van der Waals surface area (Å²) in [7, 11) is 0. The lowest BCUT2D eigenvalue weighted by Gasteiger charge is -2.37. The summed E-state index contributed by atoms with van der Waals surface area (Å²) in [4.78, 5) is 39.2. The van der Waals surface area contributed by atoms with Gasteiger partial charge in [0, 0.05) is 5.02 Å². The van der Waals surface area contributed by atoms with Gasteiger partial charge < -0.3 is 0 Å². The molecule has 4 aliphatic carbocycles. The second-order valence-corrected chi connectivity index (χ2v) is 7.80. The molecule has 1 aromatic carbocycles. The predicted molar refractivity (Wildman–Crippen MR) is 86.7 cm³/mol.